The van der Waals surface area contributed by atoms with Gasteiger partial charge in [-0.3, -0.25) is 4.79 Å². The molecule has 384 valence electrons. The van der Waals surface area contributed by atoms with E-state index in [0.717, 1.165) is 119 Å². The van der Waals surface area contributed by atoms with E-state index in [4.69, 9.17) is 18.9 Å². The highest BCUT2D eigenvalue weighted by molar-refractivity contribution is 6.01. The Morgan fingerprint density at radius 1 is 0.355 bits per heavy atom. The molecule has 0 bridgehead atoms. The number of fused-ring (bicyclic) bond motifs is 1. The van der Waals surface area contributed by atoms with Crippen molar-refractivity contribution in [3.63, 3.8) is 0 Å². The molecule has 0 spiro atoms. The van der Waals surface area contributed by atoms with E-state index < -0.39 is 17.9 Å². The molecule has 8 heteroatoms. The number of esters is 3. The molecule has 0 N–H and O–H groups in total. The van der Waals surface area contributed by atoms with Crippen LogP contribution >= 0.6 is 0 Å². The third-order valence-electron chi connectivity index (χ3n) is 16.2. The molecule has 0 heterocycles. The number of hydrogen-bond acceptors (Lipinski definition) is 8. The third-order valence-corrected chi connectivity index (χ3v) is 16.2. The molecule has 0 aromatic heterocycles. The van der Waals surface area contributed by atoms with E-state index in [0.29, 0.717) is 39.5 Å². The number of hydrogen-bond donors (Lipinski definition) is 0. The molecule has 10 rings (SSSR count). The Labute approximate surface area is 446 Å². The van der Waals surface area contributed by atoms with Crippen LogP contribution in [0.2, 0.25) is 0 Å². The molecule has 8 aromatic carbocycles. The summed E-state index contributed by atoms with van der Waals surface area (Å²) < 4.78 is 23.5. The molecule has 0 saturated heterocycles. The van der Waals surface area contributed by atoms with Gasteiger partial charge in [-0.15, -0.1) is 0 Å². The zero-order valence-electron chi connectivity index (χ0n) is 44.3. The van der Waals surface area contributed by atoms with Crippen LogP contribution in [-0.2, 0) is 10.8 Å². The van der Waals surface area contributed by atoms with E-state index in [1.807, 2.05) is 81.4 Å². The number of ether oxygens (including phenoxy) is 4. The van der Waals surface area contributed by atoms with Crippen LogP contribution in [0, 0.1) is 27.7 Å². The number of rotatable bonds is 13. The normalized spacial score (nSPS) is 14.9. The van der Waals surface area contributed by atoms with Crippen molar-refractivity contribution in [1.82, 2.24) is 0 Å². The largest absolute Gasteiger partial charge is 0.496 e. The number of Topliss-reactive ketones (excluding diaryl/α,β-unsaturated/α-hetero) is 1. The van der Waals surface area contributed by atoms with Gasteiger partial charge in [-0.1, -0.05) is 130 Å². The predicted octanol–water partition coefficient (Wildman–Crippen LogP) is 16.1. The predicted molar refractivity (Wildman–Crippen MR) is 300 cm³/mol. The minimum absolute atomic E-state index is 0.00648. The molecule has 76 heavy (non-hydrogen) atoms. The average Bonchev–Trinajstić information content (AvgIpc) is 3.45. The summed E-state index contributed by atoms with van der Waals surface area (Å²) in [4.78, 5) is 52.4. The zero-order valence-corrected chi connectivity index (χ0v) is 44.3. The van der Waals surface area contributed by atoms with Gasteiger partial charge in [-0.05, 0) is 193 Å². The van der Waals surface area contributed by atoms with E-state index in [2.05, 4.69) is 61.5 Å². The van der Waals surface area contributed by atoms with Gasteiger partial charge in [0.15, 0.2) is 5.78 Å². The van der Waals surface area contributed by atoms with E-state index in [1.54, 1.807) is 49.6 Å². The van der Waals surface area contributed by atoms with Gasteiger partial charge >= 0.3 is 17.9 Å². The fourth-order valence-corrected chi connectivity index (χ4v) is 11.8. The van der Waals surface area contributed by atoms with Crippen LogP contribution in [0.25, 0.3) is 21.9 Å². The first-order valence-electron chi connectivity index (χ1n) is 26.6. The van der Waals surface area contributed by atoms with E-state index >= 15 is 0 Å². The molecule has 0 radical (unpaired) electrons. The number of benzene rings is 8. The van der Waals surface area contributed by atoms with Crippen LogP contribution in [-0.4, -0.2) is 30.8 Å². The molecule has 2 aliphatic carbocycles. The first-order valence-corrected chi connectivity index (χ1v) is 26.6. The highest BCUT2D eigenvalue weighted by atomic mass is 16.5. The minimum Gasteiger partial charge on any atom is -0.496 e. The SMILES string of the molecule is COc1ccc(C2(c3ccc(OC(=O)c4ccc(-c5ccc(C(=O)Oc6ccc(C7(c8ccc(OC(=O)c9ccc%10cc(C(C)=O)ccc%10c9)c(C)c8)CCCCC7)cc6C)cc5)cc4)c(C)c3)CCCCC2)cc1C. The topological polar surface area (TPSA) is 105 Å². The van der Waals surface area contributed by atoms with Gasteiger partial charge in [0.25, 0.3) is 0 Å². The number of aryl methyl sites for hydroxylation is 4. The summed E-state index contributed by atoms with van der Waals surface area (Å²) in [5.41, 5.74) is 12.0. The Balaban J connectivity index is 0.777. The van der Waals surface area contributed by atoms with Crippen molar-refractivity contribution in [3.05, 3.63) is 224 Å². The summed E-state index contributed by atoms with van der Waals surface area (Å²) >= 11 is 0. The van der Waals surface area contributed by atoms with Crippen molar-refractivity contribution >= 4 is 34.5 Å². The molecule has 2 aliphatic rings. The quantitative estimate of drug-likeness (QED) is 0.0639. The molecule has 8 nitrogen and oxygen atoms in total. The van der Waals surface area contributed by atoms with Crippen LogP contribution < -0.4 is 18.9 Å². The molecule has 0 aliphatic heterocycles. The van der Waals surface area contributed by atoms with Gasteiger partial charge in [0, 0.05) is 16.4 Å². The first kappa shape index (κ1) is 51.4. The maximum Gasteiger partial charge on any atom is 0.343 e. The summed E-state index contributed by atoms with van der Waals surface area (Å²) in [6, 6.07) is 50.5. The van der Waals surface area contributed by atoms with Crippen LogP contribution in [0.1, 0.15) is 157 Å². The second-order valence-corrected chi connectivity index (χ2v) is 21.1. The number of carbonyl (C=O) groups is 4. The minimum atomic E-state index is -0.451. The lowest BCUT2D eigenvalue weighted by molar-refractivity contribution is 0.0724. The molecular formula is C68H64O8. The van der Waals surface area contributed by atoms with E-state index in [-0.39, 0.29) is 16.6 Å². The smallest absolute Gasteiger partial charge is 0.343 e. The van der Waals surface area contributed by atoms with Crippen molar-refractivity contribution in [2.24, 2.45) is 0 Å². The first-order chi connectivity index (χ1) is 36.7. The standard InChI is InChI=1S/C68H64O8/c1-43-37-56(25-29-60(43)73-6)67(33-9-7-10-34-67)57-26-30-61(44(2)38-57)74-64(70)50-17-13-48(14-18-50)49-15-19-51(20-16-49)65(71)75-62-31-27-58(39-45(62)3)68(35-11-8-12-36-68)59-28-32-63(46(4)40-59)76-66(72)55-24-23-53-41-52(47(5)69)21-22-54(53)42-55/h13-32,37-42H,7-12,33-36H2,1-6H3. The molecule has 8 aromatic rings. The van der Waals surface area contributed by atoms with Gasteiger partial charge in [-0.2, -0.15) is 0 Å². The van der Waals surface area contributed by atoms with Crippen molar-refractivity contribution < 1.29 is 38.1 Å². The van der Waals surface area contributed by atoms with Gasteiger partial charge in [0.1, 0.15) is 23.0 Å². The van der Waals surface area contributed by atoms with Crippen molar-refractivity contribution in [2.45, 2.75) is 110 Å². The van der Waals surface area contributed by atoms with Gasteiger partial charge < -0.3 is 18.9 Å². The number of methoxy groups -OCH3 is 1. The second kappa shape index (κ2) is 21.6. The molecule has 2 fully saturated rings. The lowest BCUT2D eigenvalue weighted by Crippen LogP contribution is -2.30. The summed E-state index contributed by atoms with van der Waals surface area (Å²) in [7, 11) is 1.71. The summed E-state index contributed by atoms with van der Waals surface area (Å²) in [6.45, 7) is 9.59. The summed E-state index contributed by atoms with van der Waals surface area (Å²) in [6.07, 6.45) is 10.9. The highest BCUT2D eigenvalue weighted by Crippen LogP contribution is 2.48. The fourth-order valence-electron chi connectivity index (χ4n) is 11.8. The Bertz CT molecular complexity index is 3520. The van der Waals surface area contributed by atoms with Crippen molar-refractivity contribution in [3.8, 4) is 34.1 Å². The van der Waals surface area contributed by atoms with Crippen LogP contribution in [0.15, 0.2) is 158 Å². The lowest BCUT2D eigenvalue weighted by atomic mass is 9.65. The van der Waals surface area contributed by atoms with Gasteiger partial charge in [-0.25, -0.2) is 14.4 Å². The number of carbonyl (C=O) groups excluding carboxylic acids is 4. The Hall–Kier alpha value is -8.10. The molecule has 0 unspecified atom stereocenters. The van der Waals surface area contributed by atoms with Crippen LogP contribution in [0.5, 0.6) is 23.0 Å². The summed E-state index contributed by atoms with van der Waals surface area (Å²) in [5.74, 6) is 1.12. The molecular weight excluding hydrogens is 945 g/mol. The molecule has 0 amide bonds. The van der Waals surface area contributed by atoms with Crippen LogP contribution in [0.3, 0.4) is 0 Å². The Morgan fingerprint density at radius 3 is 1.01 bits per heavy atom. The van der Waals surface area contributed by atoms with Crippen molar-refractivity contribution in [2.75, 3.05) is 7.11 Å². The molecule has 0 atom stereocenters. The Kier molecular flexibility index (Phi) is 14.6. The maximum absolute atomic E-state index is 13.6. The molecule has 2 saturated carbocycles. The highest BCUT2D eigenvalue weighted by Gasteiger charge is 2.38. The van der Waals surface area contributed by atoms with E-state index in [1.165, 1.54) is 24.5 Å². The Morgan fingerprint density at radius 2 is 0.671 bits per heavy atom. The summed E-state index contributed by atoms with van der Waals surface area (Å²) in [5, 5.41) is 1.74. The van der Waals surface area contributed by atoms with E-state index in [9.17, 15) is 19.2 Å². The lowest BCUT2D eigenvalue weighted by Gasteiger charge is -2.39. The number of ketones is 1. The van der Waals surface area contributed by atoms with Crippen LogP contribution in [0.4, 0.5) is 0 Å². The fraction of sp³-hybridized carbons (Fsp3) is 0.265. The zero-order chi connectivity index (χ0) is 53.1. The maximum atomic E-state index is 13.6. The average molecular weight is 1010 g/mol. The monoisotopic (exact) mass is 1010 g/mol. The third kappa shape index (κ3) is 10.3. The van der Waals surface area contributed by atoms with Gasteiger partial charge in [0.05, 0.1) is 23.8 Å². The second-order valence-electron chi connectivity index (χ2n) is 21.1. The van der Waals surface area contributed by atoms with Gasteiger partial charge in [0.2, 0.25) is 0 Å². The van der Waals surface area contributed by atoms with Crippen molar-refractivity contribution in [1.29, 1.82) is 0 Å².